The highest BCUT2D eigenvalue weighted by atomic mass is 16.1. The van der Waals surface area contributed by atoms with Gasteiger partial charge in [-0.05, 0) is 36.8 Å². The van der Waals surface area contributed by atoms with Crippen LogP contribution < -0.4 is 11.1 Å². The highest BCUT2D eigenvalue weighted by Gasteiger charge is 2.40. The fourth-order valence-corrected chi connectivity index (χ4v) is 4.37. The number of aromatic nitrogens is 1. The number of hydrogen-bond acceptors (Lipinski definition) is 4. The molecular formula is C19H23N3O. The highest BCUT2D eigenvalue weighted by molar-refractivity contribution is 5.84. The van der Waals surface area contributed by atoms with Gasteiger partial charge in [0.15, 0.2) is 0 Å². The second-order valence-corrected chi connectivity index (χ2v) is 6.92. The summed E-state index contributed by atoms with van der Waals surface area (Å²) in [6.07, 6.45) is 5.52. The number of benzene rings is 1. The second-order valence-electron chi connectivity index (χ2n) is 6.92. The van der Waals surface area contributed by atoms with Gasteiger partial charge in [0, 0.05) is 42.6 Å². The molecule has 2 aliphatic rings. The quantitative estimate of drug-likeness (QED) is 0.894. The Kier molecular flexibility index (Phi) is 3.87. The van der Waals surface area contributed by atoms with Crippen molar-refractivity contribution in [3.63, 3.8) is 0 Å². The summed E-state index contributed by atoms with van der Waals surface area (Å²) in [5, 5.41) is 4.77. The van der Waals surface area contributed by atoms with E-state index in [1.165, 1.54) is 10.9 Å². The fraction of sp³-hybridized carbons (Fsp3) is 0.474. The largest absolute Gasteiger partial charge is 0.329 e. The number of pyridine rings is 1. The van der Waals surface area contributed by atoms with Crippen LogP contribution >= 0.6 is 0 Å². The molecule has 1 aliphatic carbocycles. The number of ketones is 1. The van der Waals surface area contributed by atoms with Gasteiger partial charge in [0.1, 0.15) is 5.78 Å². The molecule has 1 saturated carbocycles. The Morgan fingerprint density at radius 1 is 1.22 bits per heavy atom. The first-order valence-corrected chi connectivity index (χ1v) is 8.58. The van der Waals surface area contributed by atoms with E-state index < -0.39 is 0 Å². The molecule has 3 N–H and O–H groups in total. The van der Waals surface area contributed by atoms with Crippen LogP contribution in [-0.4, -0.2) is 29.4 Å². The molecule has 4 rings (SSSR count). The first-order chi connectivity index (χ1) is 11.3. The van der Waals surface area contributed by atoms with E-state index in [1.807, 2.05) is 12.3 Å². The molecule has 4 atom stereocenters. The lowest BCUT2D eigenvalue weighted by atomic mass is 9.70. The molecule has 0 spiro atoms. The number of nitrogens with one attached hydrogen (secondary N) is 1. The van der Waals surface area contributed by atoms with Crippen molar-refractivity contribution in [2.45, 2.75) is 43.7 Å². The Hall–Kier alpha value is -1.78. The molecular weight excluding hydrogens is 286 g/mol. The maximum absolute atomic E-state index is 12.5. The van der Waals surface area contributed by atoms with Gasteiger partial charge in [0.05, 0.1) is 5.52 Å². The third-order valence-electron chi connectivity index (χ3n) is 5.55. The number of carbonyl (C=O) groups excluding carboxylic acids is 1. The Balaban J connectivity index is 1.61. The van der Waals surface area contributed by atoms with Gasteiger partial charge < -0.3 is 11.1 Å². The maximum Gasteiger partial charge on any atom is 0.139 e. The van der Waals surface area contributed by atoms with Gasteiger partial charge in [0.25, 0.3) is 0 Å². The number of nitrogens with zero attached hydrogens (tertiary/aromatic N) is 1. The normalized spacial score (nSPS) is 31.1. The van der Waals surface area contributed by atoms with E-state index in [0.717, 1.165) is 24.8 Å². The van der Waals surface area contributed by atoms with Crippen LogP contribution in [0.5, 0.6) is 0 Å². The maximum atomic E-state index is 12.5. The molecule has 23 heavy (non-hydrogen) atoms. The fourth-order valence-electron chi connectivity index (χ4n) is 4.37. The van der Waals surface area contributed by atoms with E-state index in [1.54, 1.807) is 0 Å². The van der Waals surface area contributed by atoms with E-state index >= 15 is 0 Å². The van der Waals surface area contributed by atoms with Crippen molar-refractivity contribution in [2.75, 3.05) is 6.54 Å². The third kappa shape index (κ3) is 2.66. The minimum absolute atomic E-state index is 0.135. The van der Waals surface area contributed by atoms with Crippen molar-refractivity contribution in [3.8, 4) is 0 Å². The molecule has 4 nitrogen and oxygen atoms in total. The summed E-state index contributed by atoms with van der Waals surface area (Å²) in [7, 11) is 0. The lowest BCUT2D eigenvalue weighted by Crippen LogP contribution is -2.56. The molecule has 120 valence electrons. The summed E-state index contributed by atoms with van der Waals surface area (Å²) in [5.74, 6) is 0.952. The van der Waals surface area contributed by atoms with Gasteiger partial charge in [-0.15, -0.1) is 0 Å². The van der Waals surface area contributed by atoms with E-state index in [4.69, 9.17) is 5.73 Å². The molecule has 1 aliphatic heterocycles. The number of para-hydroxylation sites is 1. The van der Waals surface area contributed by atoms with Crippen molar-refractivity contribution in [3.05, 3.63) is 42.1 Å². The van der Waals surface area contributed by atoms with Crippen LogP contribution in [0.15, 0.2) is 36.5 Å². The standard InChI is InChI=1S/C19H23N3O/c20-11-14-10-18(23)16-9-13(6-7-17(16)22-14)15-5-1-3-12-4-2-8-21-19(12)15/h1-5,8,13-14,16-17,22H,6-7,9-11,20H2. The van der Waals surface area contributed by atoms with Gasteiger partial charge >= 0.3 is 0 Å². The van der Waals surface area contributed by atoms with Crippen LogP contribution in [0.1, 0.15) is 37.2 Å². The number of nitrogens with two attached hydrogens (primary N) is 1. The second kappa shape index (κ2) is 6.02. The molecule has 2 fully saturated rings. The van der Waals surface area contributed by atoms with Crippen LogP contribution in [0.2, 0.25) is 0 Å². The zero-order valence-corrected chi connectivity index (χ0v) is 13.2. The summed E-state index contributed by atoms with van der Waals surface area (Å²) in [4.78, 5) is 17.1. The Morgan fingerprint density at radius 3 is 2.96 bits per heavy atom. The van der Waals surface area contributed by atoms with Crippen LogP contribution in [0, 0.1) is 5.92 Å². The first kappa shape index (κ1) is 14.8. The van der Waals surface area contributed by atoms with Crippen molar-refractivity contribution in [2.24, 2.45) is 11.7 Å². The molecule has 1 aromatic heterocycles. The minimum atomic E-state index is 0.135. The molecule has 0 amide bonds. The topological polar surface area (TPSA) is 68.0 Å². The molecule has 1 aromatic carbocycles. The SMILES string of the molecule is NCC1CC(=O)C2CC(c3cccc4cccnc34)CCC2N1. The minimum Gasteiger partial charge on any atom is -0.329 e. The summed E-state index contributed by atoms with van der Waals surface area (Å²) in [5.41, 5.74) is 8.14. The van der Waals surface area contributed by atoms with E-state index in [0.29, 0.717) is 30.7 Å². The van der Waals surface area contributed by atoms with Gasteiger partial charge in [0.2, 0.25) is 0 Å². The van der Waals surface area contributed by atoms with Crippen LogP contribution in [0.4, 0.5) is 0 Å². The van der Waals surface area contributed by atoms with Gasteiger partial charge in [-0.1, -0.05) is 24.3 Å². The summed E-state index contributed by atoms with van der Waals surface area (Å²) in [6.45, 7) is 0.547. The van der Waals surface area contributed by atoms with Crippen molar-refractivity contribution in [1.82, 2.24) is 10.3 Å². The van der Waals surface area contributed by atoms with Crippen LogP contribution in [0.3, 0.4) is 0 Å². The van der Waals surface area contributed by atoms with Crippen LogP contribution in [-0.2, 0) is 4.79 Å². The predicted molar refractivity (Wildman–Crippen MR) is 91.2 cm³/mol. The summed E-state index contributed by atoms with van der Waals surface area (Å²) in [6, 6.07) is 11.0. The van der Waals surface area contributed by atoms with Crippen LogP contribution in [0.25, 0.3) is 10.9 Å². The number of carbonyl (C=O) groups is 1. The molecule has 4 heteroatoms. The average molecular weight is 309 g/mol. The molecule has 2 heterocycles. The van der Waals surface area contributed by atoms with Gasteiger partial charge in [-0.2, -0.15) is 0 Å². The molecule has 2 aromatic rings. The van der Waals surface area contributed by atoms with Gasteiger partial charge in [-0.3, -0.25) is 9.78 Å². The van der Waals surface area contributed by atoms with E-state index in [2.05, 4.69) is 34.6 Å². The Labute approximate surface area is 136 Å². The number of piperidine rings is 1. The monoisotopic (exact) mass is 309 g/mol. The lowest BCUT2D eigenvalue weighted by Gasteiger charge is -2.42. The Bertz CT molecular complexity index is 724. The van der Waals surface area contributed by atoms with E-state index in [9.17, 15) is 4.79 Å². The zero-order chi connectivity index (χ0) is 15.8. The molecule has 0 bridgehead atoms. The third-order valence-corrected chi connectivity index (χ3v) is 5.55. The number of fused-ring (bicyclic) bond motifs is 2. The summed E-state index contributed by atoms with van der Waals surface area (Å²) < 4.78 is 0. The number of rotatable bonds is 2. The lowest BCUT2D eigenvalue weighted by molar-refractivity contribution is -0.127. The van der Waals surface area contributed by atoms with Crippen molar-refractivity contribution < 1.29 is 4.79 Å². The highest BCUT2D eigenvalue weighted by Crippen LogP contribution is 2.40. The number of Topliss-reactive ketones (excluding diaryl/α,β-unsaturated/α-hetero) is 1. The molecule has 0 radical (unpaired) electrons. The molecule has 1 saturated heterocycles. The predicted octanol–water partition coefficient (Wildman–Crippen LogP) is 2.38. The molecule has 4 unspecified atom stereocenters. The first-order valence-electron chi connectivity index (χ1n) is 8.58. The average Bonchev–Trinajstić information content (AvgIpc) is 2.61. The summed E-state index contributed by atoms with van der Waals surface area (Å²) >= 11 is 0. The number of hydrogen-bond donors (Lipinski definition) is 2. The van der Waals surface area contributed by atoms with Crippen molar-refractivity contribution >= 4 is 16.7 Å². The zero-order valence-electron chi connectivity index (χ0n) is 13.2. The van der Waals surface area contributed by atoms with Crippen molar-refractivity contribution in [1.29, 1.82) is 0 Å². The van der Waals surface area contributed by atoms with E-state index in [-0.39, 0.29) is 12.0 Å². The Morgan fingerprint density at radius 2 is 2.09 bits per heavy atom. The van der Waals surface area contributed by atoms with Gasteiger partial charge in [-0.25, -0.2) is 0 Å². The smallest absolute Gasteiger partial charge is 0.139 e.